The van der Waals surface area contributed by atoms with Gasteiger partial charge in [0.1, 0.15) is 0 Å². The first kappa shape index (κ1) is 15.5. The van der Waals surface area contributed by atoms with Gasteiger partial charge in [0.2, 0.25) is 0 Å². The molecule has 0 aliphatic rings. The number of rotatable bonds is 5. The van der Waals surface area contributed by atoms with Crippen LogP contribution < -0.4 is 10.9 Å². The van der Waals surface area contributed by atoms with Gasteiger partial charge in [-0.05, 0) is 42.6 Å². The van der Waals surface area contributed by atoms with Gasteiger partial charge in [0.05, 0.1) is 6.04 Å². The average Bonchev–Trinajstić information content (AvgIpc) is 2.47. The summed E-state index contributed by atoms with van der Waals surface area (Å²) in [6.07, 6.45) is 1.87. The molecule has 0 amide bonds. The molecule has 2 aromatic rings. The molecule has 3 heteroatoms. The van der Waals surface area contributed by atoms with E-state index in [1.807, 2.05) is 26.2 Å². The van der Waals surface area contributed by atoms with Gasteiger partial charge in [0.25, 0.3) is 5.56 Å². The summed E-state index contributed by atoms with van der Waals surface area (Å²) in [6.45, 7) is 6.95. The Bertz CT molecular complexity index is 641. The highest BCUT2D eigenvalue weighted by Crippen LogP contribution is 2.19. The van der Waals surface area contributed by atoms with Gasteiger partial charge in [-0.3, -0.25) is 4.79 Å². The Kier molecular flexibility index (Phi) is 4.97. The summed E-state index contributed by atoms with van der Waals surface area (Å²) in [5.74, 6) is 0.534. The van der Waals surface area contributed by atoms with Gasteiger partial charge in [-0.2, -0.15) is 0 Å². The molecule has 0 bridgehead atoms. The molecule has 0 aliphatic carbocycles. The molecule has 2 rings (SSSR count). The van der Waals surface area contributed by atoms with Gasteiger partial charge in [-0.1, -0.05) is 38.1 Å². The molecule has 0 aliphatic heterocycles. The van der Waals surface area contributed by atoms with Crippen LogP contribution in [0.15, 0.2) is 47.4 Å². The molecule has 0 fully saturated rings. The van der Waals surface area contributed by atoms with E-state index in [2.05, 4.69) is 43.4 Å². The topological polar surface area (TPSA) is 34.0 Å². The maximum atomic E-state index is 12.0. The van der Waals surface area contributed by atoms with E-state index in [0.29, 0.717) is 12.5 Å². The SMILES string of the molecule is CNC(Cn1ccc(C)cc1=O)c1ccc(C(C)C)cc1. The van der Waals surface area contributed by atoms with Gasteiger partial charge in [-0.15, -0.1) is 0 Å². The Hall–Kier alpha value is -1.87. The molecule has 1 N–H and O–H groups in total. The number of aromatic nitrogens is 1. The van der Waals surface area contributed by atoms with Gasteiger partial charge in [-0.25, -0.2) is 0 Å². The van der Waals surface area contributed by atoms with E-state index >= 15 is 0 Å². The Morgan fingerprint density at radius 1 is 1.10 bits per heavy atom. The highest BCUT2D eigenvalue weighted by Gasteiger charge is 2.11. The van der Waals surface area contributed by atoms with Crippen molar-refractivity contribution in [2.75, 3.05) is 7.05 Å². The minimum absolute atomic E-state index is 0.0500. The molecular weight excluding hydrogens is 260 g/mol. The van der Waals surface area contributed by atoms with Crippen molar-refractivity contribution >= 4 is 0 Å². The zero-order valence-corrected chi connectivity index (χ0v) is 13.3. The van der Waals surface area contributed by atoms with Crippen molar-refractivity contribution < 1.29 is 0 Å². The Balaban J connectivity index is 2.21. The zero-order chi connectivity index (χ0) is 15.4. The van der Waals surface area contributed by atoms with Gasteiger partial charge >= 0.3 is 0 Å². The smallest absolute Gasteiger partial charge is 0.250 e. The number of likely N-dealkylation sites (N-methyl/N-ethyl adjacent to an activating group) is 1. The number of pyridine rings is 1. The monoisotopic (exact) mass is 284 g/mol. The van der Waals surface area contributed by atoms with Crippen LogP contribution in [-0.4, -0.2) is 11.6 Å². The largest absolute Gasteiger partial charge is 0.314 e. The van der Waals surface area contributed by atoms with E-state index in [1.54, 1.807) is 10.6 Å². The number of nitrogens with zero attached hydrogens (tertiary/aromatic N) is 1. The van der Waals surface area contributed by atoms with E-state index in [0.717, 1.165) is 5.56 Å². The Labute approximate surface area is 126 Å². The average molecular weight is 284 g/mol. The fourth-order valence-electron chi connectivity index (χ4n) is 2.43. The molecular formula is C18H24N2O. The summed E-state index contributed by atoms with van der Waals surface area (Å²) < 4.78 is 1.75. The predicted octanol–water partition coefficient (Wildman–Crippen LogP) is 3.24. The Morgan fingerprint density at radius 3 is 2.24 bits per heavy atom. The molecule has 1 heterocycles. The number of hydrogen-bond acceptors (Lipinski definition) is 2. The second kappa shape index (κ2) is 6.72. The van der Waals surface area contributed by atoms with Crippen LogP contribution in [0.2, 0.25) is 0 Å². The minimum atomic E-state index is 0.0500. The normalized spacial score (nSPS) is 12.6. The van der Waals surface area contributed by atoms with E-state index in [1.165, 1.54) is 11.1 Å². The van der Waals surface area contributed by atoms with Crippen molar-refractivity contribution in [3.05, 3.63) is 69.6 Å². The van der Waals surface area contributed by atoms with Crippen LogP contribution in [0, 0.1) is 6.92 Å². The number of benzene rings is 1. The summed E-state index contributed by atoms with van der Waals surface area (Å²) >= 11 is 0. The van der Waals surface area contributed by atoms with Gasteiger partial charge in [0, 0.05) is 18.8 Å². The zero-order valence-electron chi connectivity index (χ0n) is 13.3. The van der Waals surface area contributed by atoms with Crippen LogP contribution >= 0.6 is 0 Å². The first-order valence-electron chi connectivity index (χ1n) is 7.45. The summed E-state index contributed by atoms with van der Waals surface area (Å²) in [7, 11) is 1.93. The van der Waals surface area contributed by atoms with Crippen molar-refractivity contribution in [1.82, 2.24) is 9.88 Å². The number of hydrogen-bond donors (Lipinski definition) is 1. The number of nitrogens with one attached hydrogen (secondary N) is 1. The van der Waals surface area contributed by atoms with Crippen LogP contribution in [0.25, 0.3) is 0 Å². The quantitative estimate of drug-likeness (QED) is 0.914. The lowest BCUT2D eigenvalue weighted by Crippen LogP contribution is -2.28. The second-order valence-electron chi connectivity index (χ2n) is 5.86. The fourth-order valence-corrected chi connectivity index (χ4v) is 2.43. The van der Waals surface area contributed by atoms with Crippen LogP contribution in [0.4, 0.5) is 0 Å². The lowest BCUT2D eigenvalue weighted by molar-refractivity contribution is 0.490. The summed E-state index contributed by atoms with van der Waals surface area (Å²) in [6, 6.07) is 12.4. The fraction of sp³-hybridized carbons (Fsp3) is 0.389. The minimum Gasteiger partial charge on any atom is -0.314 e. The molecule has 1 aromatic carbocycles. The molecule has 0 saturated heterocycles. The van der Waals surface area contributed by atoms with E-state index < -0.39 is 0 Å². The molecule has 3 nitrogen and oxygen atoms in total. The first-order chi connectivity index (χ1) is 10.0. The van der Waals surface area contributed by atoms with Crippen molar-refractivity contribution in [3.8, 4) is 0 Å². The lowest BCUT2D eigenvalue weighted by Gasteiger charge is -2.19. The third kappa shape index (κ3) is 3.82. The third-order valence-corrected chi connectivity index (χ3v) is 3.88. The van der Waals surface area contributed by atoms with E-state index in [-0.39, 0.29) is 11.6 Å². The van der Waals surface area contributed by atoms with Crippen LogP contribution in [0.5, 0.6) is 0 Å². The Morgan fingerprint density at radius 2 is 1.71 bits per heavy atom. The summed E-state index contributed by atoms with van der Waals surface area (Å²) in [5, 5.41) is 3.30. The van der Waals surface area contributed by atoms with E-state index in [9.17, 15) is 4.79 Å². The van der Waals surface area contributed by atoms with Crippen LogP contribution in [0.3, 0.4) is 0 Å². The third-order valence-electron chi connectivity index (χ3n) is 3.88. The van der Waals surface area contributed by atoms with Crippen LogP contribution in [0.1, 0.15) is 42.5 Å². The predicted molar refractivity (Wildman–Crippen MR) is 87.8 cm³/mol. The number of aryl methyl sites for hydroxylation is 1. The first-order valence-corrected chi connectivity index (χ1v) is 7.45. The molecule has 21 heavy (non-hydrogen) atoms. The molecule has 1 atom stereocenters. The molecule has 112 valence electrons. The maximum absolute atomic E-state index is 12.0. The van der Waals surface area contributed by atoms with E-state index in [4.69, 9.17) is 0 Å². The summed E-state index contributed by atoms with van der Waals surface area (Å²) in [5.41, 5.74) is 3.59. The van der Waals surface area contributed by atoms with Gasteiger partial charge in [0.15, 0.2) is 0 Å². The van der Waals surface area contributed by atoms with Crippen molar-refractivity contribution in [3.63, 3.8) is 0 Å². The highest BCUT2D eigenvalue weighted by atomic mass is 16.1. The van der Waals surface area contributed by atoms with Crippen molar-refractivity contribution in [1.29, 1.82) is 0 Å². The van der Waals surface area contributed by atoms with Crippen LogP contribution in [-0.2, 0) is 6.54 Å². The molecule has 1 aromatic heterocycles. The molecule has 0 spiro atoms. The van der Waals surface area contributed by atoms with Crippen molar-refractivity contribution in [2.24, 2.45) is 0 Å². The summed E-state index contributed by atoms with van der Waals surface area (Å²) in [4.78, 5) is 12.0. The molecule has 1 unspecified atom stereocenters. The maximum Gasteiger partial charge on any atom is 0.250 e. The van der Waals surface area contributed by atoms with Crippen molar-refractivity contribution in [2.45, 2.75) is 39.3 Å². The standard InChI is InChI=1S/C18H24N2O/c1-13(2)15-5-7-16(8-6-15)17(19-4)12-20-10-9-14(3)11-18(20)21/h5-11,13,17,19H,12H2,1-4H3. The van der Waals surface area contributed by atoms with Gasteiger partial charge < -0.3 is 9.88 Å². The highest BCUT2D eigenvalue weighted by molar-refractivity contribution is 5.27. The second-order valence-corrected chi connectivity index (χ2v) is 5.86. The lowest BCUT2D eigenvalue weighted by atomic mass is 9.99. The molecule has 0 saturated carbocycles. The molecule has 0 radical (unpaired) electrons.